The molecule has 0 aliphatic carbocycles. The molecule has 0 saturated heterocycles. The zero-order chi connectivity index (χ0) is 12.4. The second-order valence-electron chi connectivity index (χ2n) is 4.05. The maximum Gasteiger partial charge on any atom is 0.111 e. The highest BCUT2D eigenvalue weighted by molar-refractivity contribution is 9.10. The van der Waals surface area contributed by atoms with Crippen LogP contribution >= 0.6 is 15.9 Å². The molecule has 0 atom stereocenters. The summed E-state index contributed by atoms with van der Waals surface area (Å²) in [6.07, 6.45) is 2.45. The summed E-state index contributed by atoms with van der Waals surface area (Å²) in [5.41, 5.74) is 3.46. The number of hydrogen-bond acceptors (Lipinski definition) is 2. The molecule has 1 N–H and O–H groups in total. The number of hydrogen-bond donors (Lipinski definition) is 1. The number of halogens is 1. The van der Waals surface area contributed by atoms with E-state index in [1.807, 2.05) is 23.9 Å². The maximum atomic E-state index is 8.96. The van der Waals surface area contributed by atoms with Gasteiger partial charge in [0.05, 0.1) is 18.5 Å². The average Bonchev–Trinajstić information content (AvgIpc) is 2.65. The molecule has 2 rings (SSSR count). The van der Waals surface area contributed by atoms with Gasteiger partial charge in [0.25, 0.3) is 0 Å². The molecule has 17 heavy (non-hydrogen) atoms. The van der Waals surface area contributed by atoms with Gasteiger partial charge in [0.15, 0.2) is 0 Å². The van der Waals surface area contributed by atoms with E-state index in [1.54, 1.807) is 0 Å². The van der Waals surface area contributed by atoms with E-state index in [4.69, 9.17) is 5.11 Å². The van der Waals surface area contributed by atoms with Crippen LogP contribution in [0.5, 0.6) is 0 Å². The SMILES string of the molecule is Cc1ccc(Br)cc1-c1cnc(CCO)n1C. The van der Waals surface area contributed by atoms with E-state index in [1.165, 1.54) is 11.1 Å². The van der Waals surface area contributed by atoms with Gasteiger partial charge in [0, 0.05) is 23.5 Å². The highest BCUT2D eigenvalue weighted by Gasteiger charge is 2.10. The Kier molecular flexibility index (Phi) is 3.64. The summed E-state index contributed by atoms with van der Waals surface area (Å²) in [5, 5.41) is 8.96. The fraction of sp³-hybridized carbons (Fsp3) is 0.308. The molecule has 1 heterocycles. The van der Waals surface area contributed by atoms with Crippen LogP contribution < -0.4 is 0 Å². The molecule has 4 heteroatoms. The largest absolute Gasteiger partial charge is 0.396 e. The Bertz CT molecular complexity index is 534. The Hall–Kier alpha value is -1.13. The number of benzene rings is 1. The first-order valence-electron chi connectivity index (χ1n) is 5.51. The predicted molar refractivity (Wildman–Crippen MR) is 71.9 cm³/mol. The van der Waals surface area contributed by atoms with Crippen molar-refractivity contribution in [1.29, 1.82) is 0 Å². The standard InChI is InChI=1S/C13H15BrN2O/c1-9-3-4-10(14)7-11(9)12-8-15-13(5-6-17)16(12)2/h3-4,7-8,17H,5-6H2,1-2H3. The number of imidazole rings is 1. The van der Waals surface area contributed by atoms with E-state index in [-0.39, 0.29) is 6.61 Å². The summed E-state index contributed by atoms with van der Waals surface area (Å²) in [6.45, 7) is 2.21. The molecule has 0 aliphatic heterocycles. The molecule has 2 aromatic rings. The molecule has 1 aromatic heterocycles. The number of aryl methyl sites for hydroxylation is 1. The Morgan fingerprint density at radius 1 is 1.41 bits per heavy atom. The third-order valence-corrected chi connectivity index (χ3v) is 3.39. The second kappa shape index (κ2) is 5.02. The van der Waals surface area contributed by atoms with Crippen molar-refractivity contribution >= 4 is 15.9 Å². The van der Waals surface area contributed by atoms with Gasteiger partial charge in [-0.1, -0.05) is 22.0 Å². The van der Waals surface area contributed by atoms with Gasteiger partial charge in [-0.25, -0.2) is 4.98 Å². The minimum absolute atomic E-state index is 0.127. The van der Waals surface area contributed by atoms with Crippen molar-refractivity contribution in [2.45, 2.75) is 13.3 Å². The van der Waals surface area contributed by atoms with Gasteiger partial charge in [-0.3, -0.25) is 0 Å². The Labute approximate surface area is 109 Å². The van der Waals surface area contributed by atoms with Gasteiger partial charge < -0.3 is 9.67 Å². The summed E-state index contributed by atoms with van der Waals surface area (Å²) in [6, 6.07) is 6.21. The van der Waals surface area contributed by atoms with Gasteiger partial charge >= 0.3 is 0 Å². The molecule has 0 spiro atoms. The summed E-state index contributed by atoms with van der Waals surface area (Å²) in [7, 11) is 1.98. The van der Waals surface area contributed by atoms with Crippen LogP contribution in [0.25, 0.3) is 11.3 Å². The fourth-order valence-corrected chi connectivity index (χ4v) is 2.26. The highest BCUT2D eigenvalue weighted by atomic mass is 79.9. The van der Waals surface area contributed by atoms with Gasteiger partial charge in [-0.15, -0.1) is 0 Å². The van der Waals surface area contributed by atoms with Crippen molar-refractivity contribution in [2.75, 3.05) is 6.61 Å². The highest BCUT2D eigenvalue weighted by Crippen LogP contribution is 2.27. The molecule has 0 saturated carbocycles. The van der Waals surface area contributed by atoms with Crippen LogP contribution in [0.4, 0.5) is 0 Å². The number of rotatable bonds is 3. The fourth-order valence-electron chi connectivity index (χ4n) is 1.90. The van der Waals surface area contributed by atoms with Crippen molar-refractivity contribution in [1.82, 2.24) is 9.55 Å². The molecule has 0 bridgehead atoms. The van der Waals surface area contributed by atoms with Crippen LogP contribution in [0.3, 0.4) is 0 Å². The van der Waals surface area contributed by atoms with Gasteiger partial charge in [0.2, 0.25) is 0 Å². The third-order valence-electron chi connectivity index (χ3n) is 2.90. The quantitative estimate of drug-likeness (QED) is 0.945. The predicted octanol–water partition coefficient (Wildman–Crippen LogP) is 2.69. The van der Waals surface area contributed by atoms with Crippen molar-refractivity contribution in [3.63, 3.8) is 0 Å². The second-order valence-corrected chi connectivity index (χ2v) is 4.97. The van der Waals surface area contributed by atoms with Crippen LogP contribution in [-0.4, -0.2) is 21.3 Å². The summed E-state index contributed by atoms with van der Waals surface area (Å²) in [4.78, 5) is 4.34. The van der Waals surface area contributed by atoms with E-state index in [0.717, 1.165) is 16.0 Å². The molecule has 0 aliphatic rings. The first-order valence-corrected chi connectivity index (χ1v) is 6.30. The lowest BCUT2D eigenvalue weighted by molar-refractivity contribution is 0.295. The zero-order valence-corrected chi connectivity index (χ0v) is 11.5. The van der Waals surface area contributed by atoms with E-state index in [2.05, 4.69) is 40.0 Å². The number of aromatic nitrogens is 2. The summed E-state index contributed by atoms with van der Waals surface area (Å²) >= 11 is 3.49. The monoisotopic (exact) mass is 294 g/mol. The maximum absolute atomic E-state index is 8.96. The molecular weight excluding hydrogens is 280 g/mol. The zero-order valence-electron chi connectivity index (χ0n) is 9.94. The lowest BCUT2D eigenvalue weighted by Crippen LogP contribution is -2.02. The Balaban J connectivity index is 2.49. The van der Waals surface area contributed by atoms with Crippen molar-refractivity contribution in [3.05, 3.63) is 40.3 Å². The van der Waals surface area contributed by atoms with Crippen LogP contribution in [0, 0.1) is 6.92 Å². The molecule has 0 radical (unpaired) electrons. The lowest BCUT2D eigenvalue weighted by atomic mass is 10.1. The normalized spacial score (nSPS) is 10.8. The summed E-state index contributed by atoms with van der Waals surface area (Å²) in [5.74, 6) is 0.905. The van der Waals surface area contributed by atoms with Crippen molar-refractivity contribution in [2.24, 2.45) is 7.05 Å². The van der Waals surface area contributed by atoms with Crippen LogP contribution in [-0.2, 0) is 13.5 Å². The molecule has 0 amide bonds. The van der Waals surface area contributed by atoms with Crippen molar-refractivity contribution in [3.8, 4) is 11.3 Å². The average molecular weight is 295 g/mol. The lowest BCUT2D eigenvalue weighted by Gasteiger charge is -2.08. The molecule has 3 nitrogen and oxygen atoms in total. The molecular formula is C13H15BrN2O. The van der Waals surface area contributed by atoms with Gasteiger partial charge in [-0.05, 0) is 24.6 Å². The smallest absolute Gasteiger partial charge is 0.111 e. The third kappa shape index (κ3) is 2.42. The van der Waals surface area contributed by atoms with E-state index >= 15 is 0 Å². The Morgan fingerprint density at radius 2 is 2.18 bits per heavy atom. The van der Waals surface area contributed by atoms with E-state index in [9.17, 15) is 0 Å². The molecule has 90 valence electrons. The van der Waals surface area contributed by atoms with Crippen molar-refractivity contribution < 1.29 is 5.11 Å². The topological polar surface area (TPSA) is 38.1 Å². The Morgan fingerprint density at radius 3 is 2.88 bits per heavy atom. The van der Waals surface area contributed by atoms with Crippen LogP contribution in [0.1, 0.15) is 11.4 Å². The first kappa shape index (κ1) is 12.3. The van der Waals surface area contributed by atoms with Gasteiger partial charge in [0.1, 0.15) is 5.82 Å². The minimum Gasteiger partial charge on any atom is -0.396 e. The van der Waals surface area contributed by atoms with Crippen LogP contribution in [0.15, 0.2) is 28.9 Å². The molecule has 0 fully saturated rings. The molecule has 0 unspecified atom stereocenters. The van der Waals surface area contributed by atoms with E-state index < -0.39 is 0 Å². The number of aliphatic hydroxyl groups is 1. The minimum atomic E-state index is 0.127. The van der Waals surface area contributed by atoms with Crippen LogP contribution in [0.2, 0.25) is 0 Å². The first-order chi connectivity index (χ1) is 8.13. The number of aliphatic hydroxyl groups excluding tert-OH is 1. The van der Waals surface area contributed by atoms with E-state index in [0.29, 0.717) is 6.42 Å². The number of nitrogens with zero attached hydrogens (tertiary/aromatic N) is 2. The summed E-state index contributed by atoms with van der Waals surface area (Å²) < 4.78 is 3.09. The molecule has 1 aromatic carbocycles. The van der Waals surface area contributed by atoms with Gasteiger partial charge in [-0.2, -0.15) is 0 Å².